The molecular formula is C7H9ClO4S. The van der Waals surface area contributed by atoms with Crippen LogP contribution in [0.3, 0.4) is 0 Å². The average Bonchev–Trinajstić information content (AvgIpc) is 2.03. The summed E-state index contributed by atoms with van der Waals surface area (Å²) < 4.78 is 34.8. The van der Waals surface area contributed by atoms with Gasteiger partial charge in [-0.15, -0.1) is 12.4 Å². The van der Waals surface area contributed by atoms with E-state index in [2.05, 4.69) is 0 Å². The monoisotopic (exact) mass is 224 g/mol. The van der Waals surface area contributed by atoms with Crippen LogP contribution >= 0.6 is 12.4 Å². The van der Waals surface area contributed by atoms with Crippen molar-refractivity contribution in [3.8, 4) is 5.75 Å². The number of hydrogen-bond donors (Lipinski definition) is 1. The Morgan fingerprint density at radius 1 is 1.31 bits per heavy atom. The number of hydrogen-bond acceptors (Lipinski definition) is 3. The lowest BCUT2D eigenvalue weighted by atomic mass is 10.3. The molecule has 0 atom stereocenters. The summed E-state index contributed by atoms with van der Waals surface area (Å²) in [6.45, 7) is 0. The maximum atomic E-state index is 10.7. The Bertz CT molecular complexity index is 374. The molecule has 0 aliphatic rings. The van der Waals surface area contributed by atoms with Crippen molar-refractivity contribution in [2.45, 2.75) is 4.90 Å². The third kappa shape index (κ3) is 2.87. The van der Waals surface area contributed by atoms with Crippen LogP contribution in [0.25, 0.3) is 0 Å². The maximum Gasteiger partial charge on any atom is 0.298 e. The van der Waals surface area contributed by atoms with E-state index < -0.39 is 10.1 Å². The standard InChI is InChI=1S/C7H8O4S.ClH/c1-11-6-4-2-3-5-7(6)12(8,9)10;/h2-5H,1H3,(H,8,9,10);1H. The lowest BCUT2D eigenvalue weighted by Crippen LogP contribution is -2.00. The van der Waals surface area contributed by atoms with Gasteiger partial charge in [0.25, 0.3) is 10.1 Å². The van der Waals surface area contributed by atoms with E-state index in [1.807, 2.05) is 0 Å². The fourth-order valence-electron chi connectivity index (χ4n) is 0.832. The number of ether oxygens (including phenoxy) is 1. The zero-order chi connectivity index (χ0) is 9.19. The van der Waals surface area contributed by atoms with Gasteiger partial charge in [-0.25, -0.2) is 0 Å². The average molecular weight is 225 g/mol. The van der Waals surface area contributed by atoms with Gasteiger partial charge in [0.2, 0.25) is 0 Å². The smallest absolute Gasteiger partial charge is 0.298 e. The van der Waals surface area contributed by atoms with E-state index in [0.717, 1.165) is 0 Å². The van der Waals surface area contributed by atoms with Crippen molar-refractivity contribution in [3.05, 3.63) is 24.3 Å². The molecule has 1 aromatic carbocycles. The van der Waals surface area contributed by atoms with Crippen LogP contribution in [0.5, 0.6) is 5.75 Å². The van der Waals surface area contributed by atoms with Crippen LogP contribution in [0, 0.1) is 0 Å². The van der Waals surface area contributed by atoms with Crippen molar-refractivity contribution in [1.29, 1.82) is 0 Å². The van der Waals surface area contributed by atoms with Crippen molar-refractivity contribution < 1.29 is 17.7 Å². The lowest BCUT2D eigenvalue weighted by Gasteiger charge is -2.03. The number of rotatable bonds is 2. The van der Waals surface area contributed by atoms with Gasteiger partial charge in [0, 0.05) is 0 Å². The Balaban J connectivity index is 0.00000144. The molecule has 0 bridgehead atoms. The van der Waals surface area contributed by atoms with E-state index in [9.17, 15) is 8.42 Å². The second kappa shape index (κ2) is 4.45. The van der Waals surface area contributed by atoms with Crippen LogP contribution in [0.15, 0.2) is 29.2 Å². The fourth-order valence-corrected chi connectivity index (χ4v) is 1.49. The first-order chi connectivity index (χ1) is 5.55. The molecule has 1 N–H and O–H groups in total. The van der Waals surface area contributed by atoms with Gasteiger partial charge < -0.3 is 4.74 Å². The Morgan fingerprint density at radius 2 is 1.85 bits per heavy atom. The molecule has 0 heterocycles. The summed E-state index contributed by atoms with van der Waals surface area (Å²) in [6, 6.07) is 5.86. The van der Waals surface area contributed by atoms with Crippen LogP contribution in [0.4, 0.5) is 0 Å². The van der Waals surface area contributed by atoms with E-state index in [-0.39, 0.29) is 23.1 Å². The molecule has 0 amide bonds. The van der Waals surface area contributed by atoms with Crippen molar-refractivity contribution in [3.63, 3.8) is 0 Å². The third-order valence-corrected chi connectivity index (χ3v) is 2.24. The molecule has 6 heteroatoms. The third-order valence-electron chi connectivity index (χ3n) is 1.35. The highest BCUT2D eigenvalue weighted by molar-refractivity contribution is 7.86. The van der Waals surface area contributed by atoms with Gasteiger partial charge in [-0.1, -0.05) is 12.1 Å². The summed E-state index contributed by atoms with van der Waals surface area (Å²) in [5.74, 6) is 0.139. The van der Waals surface area contributed by atoms with Gasteiger partial charge in [0.1, 0.15) is 10.6 Å². The normalized spacial score (nSPS) is 10.3. The molecule has 0 aliphatic heterocycles. The van der Waals surface area contributed by atoms with E-state index in [0.29, 0.717) is 0 Å². The van der Waals surface area contributed by atoms with Gasteiger partial charge in [-0.3, -0.25) is 4.55 Å². The van der Waals surface area contributed by atoms with Crippen LogP contribution in [-0.2, 0) is 10.1 Å². The van der Waals surface area contributed by atoms with Gasteiger partial charge >= 0.3 is 0 Å². The van der Waals surface area contributed by atoms with E-state index in [1.165, 1.54) is 25.3 Å². The quantitative estimate of drug-likeness (QED) is 0.771. The second-order valence-electron chi connectivity index (χ2n) is 2.13. The maximum absolute atomic E-state index is 10.7. The second-order valence-corrected chi connectivity index (χ2v) is 3.52. The number of para-hydroxylation sites is 1. The molecule has 13 heavy (non-hydrogen) atoms. The van der Waals surface area contributed by atoms with Crippen molar-refractivity contribution >= 4 is 22.5 Å². The zero-order valence-corrected chi connectivity index (χ0v) is 8.43. The number of halogens is 1. The van der Waals surface area contributed by atoms with Gasteiger partial charge in [-0.05, 0) is 12.1 Å². The summed E-state index contributed by atoms with van der Waals surface area (Å²) in [5.41, 5.74) is 0. The van der Waals surface area contributed by atoms with E-state index in [1.54, 1.807) is 6.07 Å². The van der Waals surface area contributed by atoms with Crippen LogP contribution in [0.2, 0.25) is 0 Å². The summed E-state index contributed by atoms with van der Waals surface area (Å²) in [6.07, 6.45) is 0. The van der Waals surface area contributed by atoms with Crippen molar-refractivity contribution in [2.24, 2.45) is 0 Å². The Hall–Kier alpha value is -0.780. The predicted molar refractivity (Wildman–Crippen MR) is 50.1 cm³/mol. The summed E-state index contributed by atoms with van der Waals surface area (Å²) in [4.78, 5) is -0.215. The van der Waals surface area contributed by atoms with Crippen LogP contribution in [0.1, 0.15) is 0 Å². The first kappa shape index (κ1) is 12.2. The number of methoxy groups -OCH3 is 1. The Labute approximate surface area is 82.7 Å². The Morgan fingerprint density at radius 3 is 2.23 bits per heavy atom. The molecule has 0 radical (unpaired) electrons. The highest BCUT2D eigenvalue weighted by Crippen LogP contribution is 2.21. The molecule has 0 saturated heterocycles. The summed E-state index contributed by atoms with van der Waals surface area (Å²) >= 11 is 0. The predicted octanol–water partition coefficient (Wildman–Crippen LogP) is 1.36. The SMILES string of the molecule is COc1ccccc1S(=O)(=O)O.Cl. The molecule has 0 unspecified atom stereocenters. The fraction of sp³-hybridized carbons (Fsp3) is 0.143. The van der Waals surface area contributed by atoms with Gasteiger partial charge in [0.05, 0.1) is 7.11 Å². The lowest BCUT2D eigenvalue weighted by molar-refractivity contribution is 0.397. The topological polar surface area (TPSA) is 63.6 Å². The van der Waals surface area contributed by atoms with Gasteiger partial charge in [0.15, 0.2) is 0 Å². The summed E-state index contributed by atoms with van der Waals surface area (Å²) in [7, 11) is -2.83. The molecule has 1 aromatic rings. The molecule has 0 saturated carbocycles. The first-order valence-corrected chi connectivity index (χ1v) is 4.60. The highest BCUT2D eigenvalue weighted by Gasteiger charge is 2.14. The largest absolute Gasteiger partial charge is 0.495 e. The highest BCUT2D eigenvalue weighted by atomic mass is 35.5. The van der Waals surface area contributed by atoms with Crippen molar-refractivity contribution in [1.82, 2.24) is 0 Å². The molecule has 74 valence electrons. The first-order valence-electron chi connectivity index (χ1n) is 3.16. The molecule has 0 fully saturated rings. The molecule has 0 spiro atoms. The summed E-state index contributed by atoms with van der Waals surface area (Å²) in [5, 5.41) is 0. The van der Waals surface area contributed by atoms with Crippen LogP contribution < -0.4 is 4.74 Å². The Kier molecular flexibility index (Phi) is 4.19. The molecule has 1 rings (SSSR count). The van der Waals surface area contributed by atoms with E-state index in [4.69, 9.17) is 9.29 Å². The molecule has 0 aromatic heterocycles. The minimum atomic E-state index is -4.17. The van der Waals surface area contributed by atoms with E-state index >= 15 is 0 Å². The minimum Gasteiger partial charge on any atom is -0.495 e. The van der Waals surface area contributed by atoms with Crippen LogP contribution in [-0.4, -0.2) is 20.1 Å². The molecular weight excluding hydrogens is 216 g/mol. The molecule has 4 nitrogen and oxygen atoms in total. The van der Waals surface area contributed by atoms with Crippen molar-refractivity contribution in [2.75, 3.05) is 7.11 Å². The minimum absolute atomic E-state index is 0. The molecule has 0 aliphatic carbocycles. The number of benzene rings is 1. The zero-order valence-electron chi connectivity index (χ0n) is 6.80. The van der Waals surface area contributed by atoms with Gasteiger partial charge in [-0.2, -0.15) is 8.42 Å².